The molecule has 0 unspecified atom stereocenters. The second-order valence-electron chi connectivity index (χ2n) is 6.87. The Morgan fingerprint density at radius 1 is 0.967 bits per heavy atom. The van der Waals surface area contributed by atoms with Gasteiger partial charge in [0.05, 0.1) is 7.11 Å². The molecule has 0 aliphatic rings. The maximum Gasteiger partial charge on any atom is 0.339 e. The molecule has 0 aliphatic carbocycles. The molecule has 1 N–H and O–H groups in total. The molecule has 0 heterocycles. The van der Waals surface area contributed by atoms with Crippen LogP contribution in [0.15, 0.2) is 54.6 Å². The number of aldehydes is 1. The molecule has 30 heavy (non-hydrogen) atoms. The van der Waals surface area contributed by atoms with E-state index in [1.165, 1.54) is 31.4 Å². The standard InChI is InChI=1S/C25H21FO4/c1-15-17(6-4-8-20(15)21-9-5-7-19(14-27)16(21)2)12-23(26)18-10-11-22(25(28)29)24(13-18)30-3/h4-14H,1-3H3,(H,28,29)/b23-12-. The van der Waals surface area contributed by atoms with Crippen LogP contribution < -0.4 is 4.74 Å². The fourth-order valence-electron chi connectivity index (χ4n) is 3.41. The molecule has 0 atom stereocenters. The van der Waals surface area contributed by atoms with Crippen molar-refractivity contribution in [3.05, 3.63) is 88.0 Å². The maximum absolute atomic E-state index is 15.0. The Labute approximate surface area is 174 Å². The van der Waals surface area contributed by atoms with E-state index in [0.717, 1.165) is 28.5 Å². The van der Waals surface area contributed by atoms with Crippen molar-refractivity contribution >= 4 is 24.2 Å². The topological polar surface area (TPSA) is 63.6 Å². The molecule has 0 aromatic heterocycles. The lowest BCUT2D eigenvalue weighted by Crippen LogP contribution is -2.00. The van der Waals surface area contributed by atoms with Crippen LogP contribution in [0.25, 0.3) is 23.0 Å². The number of carboxylic acid groups (broad SMARTS) is 1. The van der Waals surface area contributed by atoms with Crippen molar-refractivity contribution in [2.24, 2.45) is 0 Å². The number of carboxylic acids is 1. The lowest BCUT2D eigenvalue weighted by atomic mass is 9.91. The minimum Gasteiger partial charge on any atom is -0.496 e. The smallest absolute Gasteiger partial charge is 0.339 e. The molecule has 0 radical (unpaired) electrons. The molecule has 0 bridgehead atoms. The van der Waals surface area contributed by atoms with Crippen LogP contribution in [0.1, 0.15) is 43.0 Å². The lowest BCUT2D eigenvalue weighted by molar-refractivity contribution is 0.0693. The van der Waals surface area contributed by atoms with E-state index in [-0.39, 0.29) is 16.9 Å². The zero-order valence-electron chi connectivity index (χ0n) is 16.9. The van der Waals surface area contributed by atoms with E-state index in [0.29, 0.717) is 11.1 Å². The molecule has 0 saturated carbocycles. The highest BCUT2D eigenvalue weighted by Gasteiger charge is 2.14. The van der Waals surface area contributed by atoms with Crippen LogP contribution in [0.5, 0.6) is 5.75 Å². The number of methoxy groups -OCH3 is 1. The Bertz CT molecular complexity index is 1160. The van der Waals surface area contributed by atoms with Crippen LogP contribution in [0.2, 0.25) is 0 Å². The Morgan fingerprint density at radius 2 is 1.57 bits per heavy atom. The lowest BCUT2D eigenvalue weighted by Gasteiger charge is -2.13. The van der Waals surface area contributed by atoms with Crippen molar-refractivity contribution in [1.82, 2.24) is 0 Å². The molecule has 3 rings (SSSR count). The molecule has 3 aromatic carbocycles. The average Bonchev–Trinajstić information content (AvgIpc) is 2.75. The van der Waals surface area contributed by atoms with Crippen LogP contribution in [-0.4, -0.2) is 24.5 Å². The molecule has 0 amide bonds. The molecule has 152 valence electrons. The third-order valence-electron chi connectivity index (χ3n) is 5.16. The van der Waals surface area contributed by atoms with Crippen molar-refractivity contribution in [2.45, 2.75) is 13.8 Å². The summed E-state index contributed by atoms with van der Waals surface area (Å²) in [5.41, 5.74) is 5.06. The summed E-state index contributed by atoms with van der Waals surface area (Å²) in [6, 6.07) is 15.2. The molecule has 3 aromatic rings. The monoisotopic (exact) mass is 404 g/mol. The van der Waals surface area contributed by atoms with Gasteiger partial charge in [-0.15, -0.1) is 0 Å². The Morgan fingerprint density at radius 3 is 2.13 bits per heavy atom. The third kappa shape index (κ3) is 4.01. The van der Waals surface area contributed by atoms with Crippen LogP contribution in [0.4, 0.5) is 4.39 Å². The van der Waals surface area contributed by atoms with Gasteiger partial charge in [-0.2, -0.15) is 0 Å². The van der Waals surface area contributed by atoms with Crippen LogP contribution in [0, 0.1) is 13.8 Å². The van der Waals surface area contributed by atoms with E-state index in [2.05, 4.69) is 0 Å². The fraction of sp³-hybridized carbons (Fsp3) is 0.120. The van der Waals surface area contributed by atoms with E-state index in [1.807, 2.05) is 38.1 Å². The zero-order valence-corrected chi connectivity index (χ0v) is 16.9. The number of aromatic carboxylic acids is 1. The fourth-order valence-corrected chi connectivity index (χ4v) is 3.41. The molecule has 0 aliphatic heterocycles. The van der Waals surface area contributed by atoms with Gasteiger partial charge in [0, 0.05) is 11.1 Å². The molecule has 4 nitrogen and oxygen atoms in total. The maximum atomic E-state index is 15.0. The van der Waals surface area contributed by atoms with E-state index < -0.39 is 11.8 Å². The summed E-state index contributed by atoms with van der Waals surface area (Å²) in [5, 5.41) is 9.19. The van der Waals surface area contributed by atoms with Crippen molar-refractivity contribution < 1.29 is 23.8 Å². The van der Waals surface area contributed by atoms with E-state index in [9.17, 15) is 19.1 Å². The summed E-state index contributed by atoms with van der Waals surface area (Å²) < 4.78 is 20.1. The normalized spacial score (nSPS) is 11.3. The van der Waals surface area contributed by atoms with E-state index in [1.54, 1.807) is 12.1 Å². The molecule has 0 fully saturated rings. The SMILES string of the molecule is COc1cc(/C(F)=C/c2cccc(-c3cccc(C=O)c3C)c2C)ccc1C(=O)O. The minimum absolute atomic E-state index is 0.0298. The number of halogens is 1. The summed E-state index contributed by atoms with van der Waals surface area (Å²) in [6.07, 6.45) is 2.23. The van der Waals surface area contributed by atoms with Gasteiger partial charge in [0.15, 0.2) is 0 Å². The van der Waals surface area contributed by atoms with Gasteiger partial charge in [-0.3, -0.25) is 4.79 Å². The van der Waals surface area contributed by atoms with Gasteiger partial charge in [0.2, 0.25) is 0 Å². The summed E-state index contributed by atoms with van der Waals surface area (Å²) in [6.45, 7) is 3.79. The van der Waals surface area contributed by atoms with Crippen molar-refractivity contribution in [3.63, 3.8) is 0 Å². The van der Waals surface area contributed by atoms with Gasteiger partial charge in [-0.1, -0.05) is 42.5 Å². The summed E-state index contributed by atoms with van der Waals surface area (Å²) in [5.74, 6) is -1.56. The van der Waals surface area contributed by atoms with Gasteiger partial charge in [0.25, 0.3) is 0 Å². The Kier molecular flexibility index (Phi) is 6.11. The highest BCUT2D eigenvalue weighted by atomic mass is 19.1. The first-order valence-corrected chi connectivity index (χ1v) is 9.31. The van der Waals surface area contributed by atoms with Crippen LogP contribution in [-0.2, 0) is 0 Å². The Balaban J connectivity index is 2.06. The first-order valence-electron chi connectivity index (χ1n) is 9.31. The Hall–Kier alpha value is -3.73. The number of ether oxygens (including phenoxy) is 1. The average molecular weight is 404 g/mol. The van der Waals surface area contributed by atoms with Gasteiger partial charge in [-0.05, 0) is 59.9 Å². The van der Waals surface area contributed by atoms with Gasteiger partial charge in [0.1, 0.15) is 23.4 Å². The molecule has 0 spiro atoms. The zero-order chi connectivity index (χ0) is 21.8. The number of hydrogen-bond acceptors (Lipinski definition) is 3. The summed E-state index contributed by atoms with van der Waals surface area (Å²) >= 11 is 0. The molecule has 0 saturated heterocycles. The highest BCUT2D eigenvalue weighted by Crippen LogP contribution is 2.32. The second kappa shape index (κ2) is 8.74. The van der Waals surface area contributed by atoms with Crippen molar-refractivity contribution in [2.75, 3.05) is 7.11 Å². The number of benzene rings is 3. The predicted molar refractivity (Wildman–Crippen MR) is 116 cm³/mol. The number of carbonyl (C=O) groups is 2. The van der Waals surface area contributed by atoms with Gasteiger partial charge in [-0.25, -0.2) is 9.18 Å². The quantitative estimate of drug-likeness (QED) is 0.407. The van der Waals surface area contributed by atoms with Crippen LogP contribution >= 0.6 is 0 Å². The van der Waals surface area contributed by atoms with E-state index in [4.69, 9.17) is 4.74 Å². The second-order valence-corrected chi connectivity index (χ2v) is 6.87. The number of rotatable bonds is 6. The minimum atomic E-state index is -1.14. The van der Waals surface area contributed by atoms with Crippen molar-refractivity contribution in [1.29, 1.82) is 0 Å². The summed E-state index contributed by atoms with van der Waals surface area (Å²) in [4.78, 5) is 22.5. The molecular weight excluding hydrogens is 383 g/mol. The summed E-state index contributed by atoms with van der Waals surface area (Å²) in [7, 11) is 1.34. The third-order valence-corrected chi connectivity index (χ3v) is 5.16. The van der Waals surface area contributed by atoms with Gasteiger partial charge < -0.3 is 9.84 Å². The highest BCUT2D eigenvalue weighted by molar-refractivity contribution is 5.92. The molecular formula is C25H21FO4. The van der Waals surface area contributed by atoms with Crippen molar-refractivity contribution in [3.8, 4) is 16.9 Å². The predicted octanol–water partition coefficient (Wildman–Crippen LogP) is 5.96. The number of hydrogen-bond donors (Lipinski definition) is 1. The first-order chi connectivity index (χ1) is 14.4. The largest absolute Gasteiger partial charge is 0.496 e. The van der Waals surface area contributed by atoms with Gasteiger partial charge >= 0.3 is 5.97 Å². The van der Waals surface area contributed by atoms with Crippen LogP contribution in [0.3, 0.4) is 0 Å². The van der Waals surface area contributed by atoms with E-state index >= 15 is 0 Å². The number of carbonyl (C=O) groups excluding carboxylic acids is 1. The first kappa shape index (κ1) is 21.0. The molecule has 5 heteroatoms.